The lowest BCUT2D eigenvalue weighted by Crippen LogP contribution is -2.63. The van der Waals surface area contributed by atoms with E-state index in [0.717, 1.165) is 12.1 Å². The van der Waals surface area contributed by atoms with Gasteiger partial charge in [0.15, 0.2) is 0 Å². The topological polar surface area (TPSA) is 104 Å². The summed E-state index contributed by atoms with van der Waals surface area (Å²) >= 11 is 0. The SMILES string of the molecule is O=C(CNS(=O)(=O)c1cccc(F)c1)N1CC(N2C(=O)CCC2=O)C1. The van der Waals surface area contributed by atoms with Crippen molar-refractivity contribution in [3.05, 3.63) is 30.1 Å². The molecule has 134 valence electrons. The fourth-order valence-electron chi connectivity index (χ4n) is 2.81. The lowest BCUT2D eigenvalue weighted by Gasteiger charge is -2.43. The van der Waals surface area contributed by atoms with Gasteiger partial charge in [-0.3, -0.25) is 19.3 Å². The van der Waals surface area contributed by atoms with Gasteiger partial charge in [-0.1, -0.05) is 6.07 Å². The van der Waals surface area contributed by atoms with Crippen molar-refractivity contribution in [1.82, 2.24) is 14.5 Å². The van der Waals surface area contributed by atoms with Crippen molar-refractivity contribution in [2.24, 2.45) is 0 Å². The molecule has 0 bridgehead atoms. The van der Waals surface area contributed by atoms with Crippen LogP contribution in [0.1, 0.15) is 12.8 Å². The zero-order valence-corrected chi connectivity index (χ0v) is 14.0. The summed E-state index contributed by atoms with van der Waals surface area (Å²) in [4.78, 5) is 37.5. The highest BCUT2D eigenvalue weighted by atomic mass is 32.2. The molecule has 3 amide bonds. The summed E-state index contributed by atoms with van der Waals surface area (Å²) in [6, 6.07) is 4.12. The van der Waals surface area contributed by atoms with Crippen LogP contribution in [0.3, 0.4) is 0 Å². The molecule has 8 nitrogen and oxygen atoms in total. The Labute approximate surface area is 143 Å². The number of benzene rings is 1. The molecule has 0 spiro atoms. The number of carbonyl (C=O) groups excluding carboxylic acids is 3. The number of hydrogen-bond acceptors (Lipinski definition) is 5. The van der Waals surface area contributed by atoms with Crippen LogP contribution in [-0.2, 0) is 24.4 Å². The molecule has 0 aliphatic carbocycles. The standard InChI is InChI=1S/C15H16FN3O5S/c16-10-2-1-3-12(6-10)25(23,24)17-7-15(22)18-8-11(9-18)19-13(20)4-5-14(19)21/h1-3,6,11,17H,4-5,7-9H2. The van der Waals surface area contributed by atoms with Crippen LogP contribution in [0.15, 0.2) is 29.2 Å². The van der Waals surface area contributed by atoms with Crippen LogP contribution >= 0.6 is 0 Å². The lowest BCUT2D eigenvalue weighted by atomic mass is 10.1. The molecule has 0 saturated carbocycles. The number of nitrogens with zero attached hydrogens (tertiary/aromatic N) is 2. The summed E-state index contributed by atoms with van der Waals surface area (Å²) in [6.07, 6.45) is 0.382. The maximum atomic E-state index is 13.1. The molecule has 25 heavy (non-hydrogen) atoms. The average molecular weight is 369 g/mol. The summed E-state index contributed by atoms with van der Waals surface area (Å²) in [6.45, 7) is -0.0938. The molecular weight excluding hydrogens is 353 g/mol. The molecule has 0 aromatic heterocycles. The number of rotatable bonds is 5. The molecule has 2 heterocycles. The van der Waals surface area contributed by atoms with Crippen molar-refractivity contribution in [2.75, 3.05) is 19.6 Å². The fraction of sp³-hybridized carbons (Fsp3) is 0.400. The zero-order valence-electron chi connectivity index (χ0n) is 13.1. The van der Waals surface area contributed by atoms with Crippen LogP contribution < -0.4 is 4.72 Å². The minimum absolute atomic E-state index is 0.191. The molecule has 1 aromatic rings. The molecular formula is C15H16FN3O5S. The van der Waals surface area contributed by atoms with Gasteiger partial charge in [-0.25, -0.2) is 17.5 Å². The van der Waals surface area contributed by atoms with E-state index in [1.165, 1.54) is 21.9 Å². The van der Waals surface area contributed by atoms with Crippen molar-refractivity contribution in [3.8, 4) is 0 Å². The molecule has 0 radical (unpaired) electrons. The Bertz CT molecular complexity index is 819. The third-order valence-corrected chi connectivity index (χ3v) is 5.59. The predicted octanol–water partition coefficient (Wildman–Crippen LogP) is -0.536. The first kappa shape index (κ1) is 17.5. The van der Waals surface area contributed by atoms with Crippen molar-refractivity contribution < 1.29 is 27.2 Å². The molecule has 10 heteroatoms. The Kier molecular flexibility index (Phi) is 4.56. The van der Waals surface area contributed by atoms with E-state index in [1.54, 1.807) is 0 Å². The number of hydrogen-bond donors (Lipinski definition) is 1. The summed E-state index contributed by atoms with van der Waals surface area (Å²) in [5.74, 6) is -1.65. The highest BCUT2D eigenvalue weighted by Crippen LogP contribution is 2.22. The van der Waals surface area contributed by atoms with Crippen molar-refractivity contribution in [1.29, 1.82) is 0 Å². The Hall–Kier alpha value is -2.33. The minimum Gasteiger partial charge on any atom is -0.337 e. The molecule has 1 aromatic carbocycles. The van der Waals surface area contributed by atoms with Gasteiger partial charge >= 0.3 is 0 Å². The summed E-state index contributed by atoms with van der Waals surface area (Å²) in [5, 5.41) is 0. The number of nitrogens with one attached hydrogen (secondary N) is 1. The molecule has 3 rings (SSSR count). The summed E-state index contributed by atoms with van der Waals surface area (Å²) in [7, 11) is -4.00. The van der Waals surface area contributed by atoms with E-state index in [-0.39, 0.29) is 48.7 Å². The summed E-state index contributed by atoms with van der Waals surface area (Å²) in [5.41, 5.74) is 0. The van der Waals surface area contributed by atoms with E-state index < -0.39 is 28.3 Å². The number of amides is 3. The van der Waals surface area contributed by atoms with Gasteiger partial charge in [-0.05, 0) is 18.2 Å². The second-order valence-electron chi connectivity index (χ2n) is 5.89. The Morgan fingerprint density at radius 3 is 2.44 bits per heavy atom. The second-order valence-corrected chi connectivity index (χ2v) is 7.66. The van der Waals surface area contributed by atoms with E-state index in [2.05, 4.69) is 4.72 Å². The van der Waals surface area contributed by atoms with Crippen LogP contribution in [-0.4, -0.2) is 61.6 Å². The molecule has 1 N–H and O–H groups in total. The number of carbonyl (C=O) groups is 3. The van der Waals surface area contributed by atoms with Gasteiger partial charge in [0, 0.05) is 25.9 Å². The van der Waals surface area contributed by atoms with Crippen molar-refractivity contribution >= 4 is 27.7 Å². The predicted molar refractivity (Wildman–Crippen MR) is 83.0 cm³/mol. The largest absolute Gasteiger partial charge is 0.337 e. The van der Waals surface area contributed by atoms with E-state index in [0.29, 0.717) is 0 Å². The maximum Gasteiger partial charge on any atom is 0.241 e. The Morgan fingerprint density at radius 2 is 1.84 bits per heavy atom. The smallest absolute Gasteiger partial charge is 0.241 e. The van der Waals surface area contributed by atoms with Gasteiger partial charge in [0.05, 0.1) is 17.5 Å². The Morgan fingerprint density at radius 1 is 1.20 bits per heavy atom. The number of halogens is 1. The van der Waals surface area contributed by atoms with Crippen LogP contribution in [0.2, 0.25) is 0 Å². The van der Waals surface area contributed by atoms with Gasteiger partial charge in [-0.15, -0.1) is 0 Å². The fourth-order valence-corrected chi connectivity index (χ4v) is 3.82. The number of sulfonamides is 1. The van der Waals surface area contributed by atoms with E-state index in [4.69, 9.17) is 0 Å². The normalized spacial score (nSPS) is 18.6. The zero-order chi connectivity index (χ0) is 18.2. The quantitative estimate of drug-likeness (QED) is 0.703. The first-order chi connectivity index (χ1) is 11.8. The molecule has 2 saturated heterocycles. The van der Waals surface area contributed by atoms with Gasteiger partial charge in [-0.2, -0.15) is 0 Å². The van der Waals surface area contributed by atoms with E-state index >= 15 is 0 Å². The summed E-state index contributed by atoms with van der Waals surface area (Å²) < 4.78 is 39.3. The van der Waals surface area contributed by atoms with Gasteiger partial charge < -0.3 is 4.90 Å². The average Bonchev–Trinajstić information content (AvgIpc) is 2.84. The highest BCUT2D eigenvalue weighted by Gasteiger charge is 2.42. The molecule has 0 unspecified atom stereocenters. The third-order valence-electron chi connectivity index (χ3n) is 4.19. The van der Waals surface area contributed by atoms with Crippen LogP contribution in [0.5, 0.6) is 0 Å². The van der Waals surface area contributed by atoms with E-state index in [9.17, 15) is 27.2 Å². The number of imide groups is 1. The minimum atomic E-state index is -4.00. The maximum absolute atomic E-state index is 13.1. The van der Waals surface area contributed by atoms with Gasteiger partial charge in [0.1, 0.15) is 5.82 Å². The van der Waals surface area contributed by atoms with Crippen LogP contribution in [0.25, 0.3) is 0 Å². The molecule has 2 aliphatic heterocycles. The monoisotopic (exact) mass is 369 g/mol. The van der Waals surface area contributed by atoms with Crippen molar-refractivity contribution in [3.63, 3.8) is 0 Å². The highest BCUT2D eigenvalue weighted by molar-refractivity contribution is 7.89. The second kappa shape index (κ2) is 6.52. The number of likely N-dealkylation sites (tertiary alicyclic amines) is 2. The third kappa shape index (κ3) is 3.54. The van der Waals surface area contributed by atoms with Crippen LogP contribution in [0, 0.1) is 5.82 Å². The Balaban J connectivity index is 1.52. The lowest BCUT2D eigenvalue weighted by molar-refractivity contribution is -0.151. The van der Waals surface area contributed by atoms with E-state index in [1.807, 2.05) is 0 Å². The van der Waals surface area contributed by atoms with Crippen molar-refractivity contribution in [2.45, 2.75) is 23.8 Å². The first-order valence-corrected chi connectivity index (χ1v) is 9.14. The molecule has 2 fully saturated rings. The van der Waals surface area contributed by atoms with Gasteiger partial charge in [0.25, 0.3) is 0 Å². The molecule has 0 atom stereocenters. The van der Waals surface area contributed by atoms with Gasteiger partial charge in [0.2, 0.25) is 27.7 Å². The first-order valence-electron chi connectivity index (χ1n) is 7.66. The van der Waals surface area contributed by atoms with Crippen LogP contribution in [0.4, 0.5) is 4.39 Å². The molecule has 2 aliphatic rings.